The lowest BCUT2D eigenvalue weighted by Crippen LogP contribution is -2.09. The maximum atomic E-state index is 11.8. The summed E-state index contributed by atoms with van der Waals surface area (Å²) in [6.45, 7) is 2.72. The Morgan fingerprint density at radius 3 is 3.06 bits per heavy atom. The molecule has 1 aliphatic heterocycles. The van der Waals surface area contributed by atoms with Crippen molar-refractivity contribution in [3.05, 3.63) is 29.3 Å². The molecule has 0 amide bonds. The monoisotopic (exact) mass is 264 g/mol. The summed E-state index contributed by atoms with van der Waals surface area (Å²) in [5, 5.41) is 0. The minimum absolute atomic E-state index is 0.247. The number of hydrogen-bond acceptors (Lipinski definition) is 4. The maximum absolute atomic E-state index is 11.8. The number of hydrogen-bond donors (Lipinski definition) is 0. The molecule has 0 spiro atoms. The molecule has 1 aliphatic rings. The molecule has 0 N–H and O–H groups in total. The summed E-state index contributed by atoms with van der Waals surface area (Å²) in [6.07, 6.45) is 4.47. The van der Waals surface area contributed by atoms with Crippen LogP contribution in [0, 0.1) is 0 Å². The number of para-hydroxylation sites is 1. The van der Waals surface area contributed by atoms with Gasteiger partial charge in [-0.1, -0.05) is 12.1 Å². The number of thioether (sulfide) groups is 1. The Balaban J connectivity index is 2.36. The molecule has 0 aliphatic carbocycles. The van der Waals surface area contributed by atoms with E-state index >= 15 is 0 Å². The van der Waals surface area contributed by atoms with E-state index in [2.05, 4.69) is 0 Å². The van der Waals surface area contributed by atoms with E-state index in [4.69, 9.17) is 9.47 Å². The van der Waals surface area contributed by atoms with Gasteiger partial charge in [-0.25, -0.2) is 4.79 Å². The average Bonchev–Trinajstić information content (AvgIpc) is 2.60. The van der Waals surface area contributed by atoms with Crippen LogP contribution in [0.3, 0.4) is 0 Å². The van der Waals surface area contributed by atoms with Gasteiger partial charge in [-0.15, -0.1) is 11.8 Å². The topological polar surface area (TPSA) is 35.5 Å². The fourth-order valence-corrected chi connectivity index (χ4v) is 2.45. The summed E-state index contributed by atoms with van der Waals surface area (Å²) in [5.74, 6) is 0.618. The highest BCUT2D eigenvalue weighted by Gasteiger charge is 2.17. The van der Waals surface area contributed by atoms with E-state index in [0.29, 0.717) is 25.2 Å². The number of carbonyl (C=O) groups excluding carboxylic acids is 1. The van der Waals surface area contributed by atoms with Gasteiger partial charge in [-0.05, 0) is 25.3 Å². The fraction of sp³-hybridized carbons (Fsp3) is 0.357. The van der Waals surface area contributed by atoms with Gasteiger partial charge in [0, 0.05) is 22.5 Å². The Kier molecular flexibility index (Phi) is 4.31. The zero-order chi connectivity index (χ0) is 13.0. The van der Waals surface area contributed by atoms with Crippen molar-refractivity contribution in [3.8, 4) is 5.75 Å². The second-order valence-corrected chi connectivity index (χ2v) is 4.72. The number of benzene rings is 1. The first-order chi connectivity index (χ1) is 8.76. The predicted octanol–water partition coefficient (Wildman–Crippen LogP) is 3.14. The molecule has 4 heteroatoms. The van der Waals surface area contributed by atoms with Crippen LogP contribution < -0.4 is 4.74 Å². The van der Waals surface area contributed by atoms with Gasteiger partial charge < -0.3 is 9.47 Å². The van der Waals surface area contributed by atoms with Crippen molar-refractivity contribution in [1.29, 1.82) is 0 Å². The first-order valence-corrected chi connectivity index (χ1v) is 7.16. The maximum Gasteiger partial charge on any atom is 0.334 e. The van der Waals surface area contributed by atoms with Crippen molar-refractivity contribution in [2.24, 2.45) is 0 Å². The Bertz CT molecular complexity index is 480. The summed E-state index contributed by atoms with van der Waals surface area (Å²) in [7, 11) is 0. The fourth-order valence-electron chi connectivity index (χ4n) is 1.87. The van der Waals surface area contributed by atoms with Crippen molar-refractivity contribution < 1.29 is 14.3 Å². The Hall–Kier alpha value is -1.42. The molecule has 96 valence electrons. The average molecular weight is 264 g/mol. The van der Waals surface area contributed by atoms with Crippen LogP contribution in [0.25, 0.3) is 6.08 Å². The molecule has 0 saturated carbocycles. The van der Waals surface area contributed by atoms with Gasteiger partial charge in [0.25, 0.3) is 0 Å². The molecular weight excluding hydrogens is 248 g/mol. The SMILES string of the molecule is CCOC(=O)C1=Cc2cccc(SC)c2OCC1. The van der Waals surface area contributed by atoms with Crippen molar-refractivity contribution >= 4 is 23.8 Å². The van der Waals surface area contributed by atoms with Crippen LogP contribution in [0.15, 0.2) is 28.7 Å². The van der Waals surface area contributed by atoms with E-state index in [9.17, 15) is 4.79 Å². The van der Waals surface area contributed by atoms with Crippen LogP contribution in [0.1, 0.15) is 18.9 Å². The zero-order valence-corrected chi connectivity index (χ0v) is 11.4. The van der Waals surface area contributed by atoms with Crippen LogP contribution in [0.2, 0.25) is 0 Å². The molecule has 0 unspecified atom stereocenters. The van der Waals surface area contributed by atoms with E-state index in [1.807, 2.05) is 37.5 Å². The molecule has 1 aromatic rings. The second kappa shape index (κ2) is 5.96. The van der Waals surface area contributed by atoms with Crippen LogP contribution in [-0.2, 0) is 9.53 Å². The second-order valence-electron chi connectivity index (χ2n) is 3.87. The molecule has 0 saturated heterocycles. The lowest BCUT2D eigenvalue weighted by molar-refractivity contribution is -0.138. The first kappa shape index (κ1) is 13.0. The summed E-state index contributed by atoms with van der Waals surface area (Å²) >= 11 is 1.64. The largest absolute Gasteiger partial charge is 0.491 e. The molecular formula is C14H16O3S. The number of fused-ring (bicyclic) bond motifs is 1. The van der Waals surface area contributed by atoms with Gasteiger partial charge >= 0.3 is 5.97 Å². The molecule has 0 fully saturated rings. The van der Waals surface area contributed by atoms with Crippen LogP contribution in [0.5, 0.6) is 5.75 Å². The van der Waals surface area contributed by atoms with Gasteiger partial charge in [-0.2, -0.15) is 0 Å². The van der Waals surface area contributed by atoms with Crippen LogP contribution >= 0.6 is 11.8 Å². The van der Waals surface area contributed by atoms with Crippen molar-refractivity contribution in [3.63, 3.8) is 0 Å². The molecule has 1 heterocycles. The van der Waals surface area contributed by atoms with E-state index in [0.717, 1.165) is 16.2 Å². The normalized spacial score (nSPS) is 14.0. The minimum Gasteiger partial charge on any atom is -0.491 e. The Morgan fingerprint density at radius 2 is 2.33 bits per heavy atom. The van der Waals surface area contributed by atoms with Gasteiger partial charge in [0.2, 0.25) is 0 Å². The standard InChI is InChI=1S/C14H16O3S/c1-3-16-14(15)11-7-8-17-13-10(9-11)5-4-6-12(13)18-2/h4-6,9H,3,7-8H2,1-2H3. The molecule has 0 atom stereocenters. The van der Waals surface area contributed by atoms with Gasteiger partial charge in [0.1, 0.15) is 5.75 Å². The van der Waals surface area contributed by atoms with Gasteiger partial charge in [0.05, 0.1) is 13.2 Å². The van der Waals surface area contributed by atoms with Crippen molar-refractivity contribution in [2.75, 3.05) is 19.5 Å². The van der Waals surface area contributed by atoms with E-state index in [-0.39, 0.29) is 5.97 Å². The number of carbonyl (C=O) groups is 1. The van der Waals surface area contributed by atoms with E-state index < -0.39 is 0 Å². The Morgan fingerprint density at radius 1 is 1.50 bits per heavy atom. The Labute approximate surface area is 111 Å². The summed E-state index contributed by atoms with van der Waals surface area (Å²) < 4.78 is 10.8. The minimum atomic E-state index is -0.247. The van der Waals surface area contributed by atoms with Crippen LogP contribution in [0.4, 0.5) is 0 Å². The molecule has 2 rings (SSSR count). The predicted molar refractivity (Wildman–Crippen MR) is 72.9 cm³/mol. The third-order valence-electron chi connectivity index (χ3n) is 2.71. The quantitative estimate of drug-likeness (QED) is 0.620. The van der Waals surface area contributed by atoms with Crippen molar-refractivity contribution in [2.45, 2.75) is 18.2 Å². The van der Waals surface area contributed by atoms with Gasteiger partial charge in [-0.3, -0.25) is 0 Å². The third kappa shape index (κ3) is 2.70. The molecule has 3 nitrogen and oxygen atoms in total. The molecule has 1 aromatic carbocycles. The lowest BCUT2D eigenvalue weighted by atomic mass is 10.1. The molecule has 0 aromatic heterocycles. The summed E-state index contributed by atoms with van der Waals surface area (Å²) in [6, 6.07) is 5.95. The zero-order valence-electron chi connectivity index (χ0n) is 10.6. The van der Waals surface area contributed by atoms with E-state index in [1.54, 1.807) is 11.8 Å². The highest BCUT2D eigenvalue weighted by molar-refractivity contribution is 7.98. The summed E-state index contributed by atoms with van der Waals surface area (Å²) in [4.78, 5) is 12.9. The van der Waals surface area contributed by atoms with Crippen LogP contribution in [-0.4, -0.2) is 25.4 Å². The van der Waals surface area contributed by atoms with Crippen molar-refractivity contribution in [1.82, 2.24) is 0 Å². The van der Waals surface area contributed by atoms with E-state index in [1.165, 1.54) is 0 Å². The first-order valence-electron chi connectivity index (χ1n) is 5.93. The lowest BCUT2D eigenvalue weighted by Gasteiger charge is -2.09. The third-order valence-corrected chi connectivity index (χ3v) is 3.48. The number of ether oxygens (including phenoxy) is 2. The molecule has 0 radical (unpaired) electrons. The molecule has 0 bridgehead atoms. The highest BCUT2D eigenvalue weighted by Crippen LogP contribution is 2.34. The molecule has 18 heavy (non-hydrogen) atoms. The summed E-state index contributed by atoms with van der Waals surface area (Å²) in [5.41, 5.74) is 1.62. The highest BCUT2D eigenvalue weighted by atomic mass is 32.2. The van der Waals surface area contributed by atoms with Gasteiger partial charge in [0.15, 0.2) is 0 Å². The number of esters is 1. The number of rotatable bonds is 3. The smallest absolute Gasteiger partial charge is 0.334 e.